The number of hydrogen-bond acceptors (Lipinski definition) is 2. The highest BCUT2D eigenvalue weighted by Gasteiger charge is 2.22. The van der Waals surface area contributed by atoms with E-state index in [0.29, 0.717) is 5.78 Å². The number of carbonyl (C=O) groups excluding carboxylic acids is 1. The maximum atomic E-state index is 11.6. The monoisotopic (exact) mass is 184 g/mol. The molecule has 0 aliphatic heterocycles. The standard InChI is InChI=1S/C11H20O2/c1-9(8-12)7-10-5-3-2-4-6-11(10)13/h9-10,12H,2-8H2,1H3. The first-order valence-electron chi connectivity index (χ1n) is 5.37. The summed E-state index contributed by atoms with van der Waals surface area (Å²) < 4.78 is 0. The van der Waals surface area contributed by atoms with Gasteiger partial charge in [0, 0.05) is 18.9 Å². The van der Waals surface area contributed by atoms with E-state index >= 15 is 0 Å². The molecule has 13 heavy (non-hydrogen) atoms. The molecule has 2 nitrogen and oxygen atoms in total. The third kappa shape index (κ3) is 3.47. The lowest BCUT2D eigenvalue weighted by molar-refractivity contribution is -0.123. The Bertz CT molecular complexity index is 165. The zero-order chi connectivity index (χ0) is 9.68. The number of ketones is 1. The van der Waals surface area contributed by atoms with Crippen LogP contribution in [-0.4, -0.2) is 17.5 Å². The molecule has 2 atom stereocenters. The van der Waals surface area contributed by atoms with Gasteiger partial charge in [0.1, 0.15) is 5.78 Å². The molecule has 2 unspecified atom stereocenters. The number of Topliss-reactive ketones (excluding diaryl/α,β-unsaturated/α-hetero) is 1. The van der Waals surface area contributed by atoms with Gasteiger partial charge >= 0.3 is 0 Å². The van der Waals surface area contributed by atoms with Gasteiger partial charge in [0.05, 0.1) is 0 Å². The lowest BCUT2D eigenvalue weighted by Crippen LogP contribution is -2.17. The maximum absolute atomic E-state index is 11.6. The molecule has 1 N–H and O–H groups in total. The summed E-state index contributed by atoms with van der Waals surface area (Å²) in [7, 11) is 0. The van der Waals surface area contributed by atoms with Crippen molar-refractivity contribution >= 4 is 5.78 Å². The molecule has 2 heteroatoms. The molecule has 1 aliphatic rings. The van der Waals surface area contributed by atoms with Crippen LogP contribution < -0.4 is 0 Å². The van der Waals surface area contributed by atoms with Crippen LogP contribution in [0.2, 0.25) is 0 Å². The van der Waals surface area contributed by atoms with Crippen molar-refractivity contribution in [3.8, 4) is 0 Å². The first-order chi connectivity index (χ1) is 6.24. The second kappa shape index (κ2) is 5.38. The highest BCUT2D eigenvalue weighted by Crippen LogP contribution is 2.25. The zero-order valence-corrected chi connectivity index (χ0v) is 8.46. The van der Waals surface area contributed by atoms with Crippen LogP contribution in [0.4, 0.5) is 0 Å². The quantitative estimate of drug-likeness (QED) is 0.682. The van der Waals surface area contributed by atoms with E-state index in [1.165, 1.54) is 12.8 Å². The van der Waals surface area contributed by atoms with Gasteiger partial charge < -0.3 is 5.11 Å². The molecule has 0 aromatic rings. The normalized spacial score (nSPS) is 26.9. The van der Waals surface area contributed by atoms with E-state index in [0.717, 1.165) is 25.7 Å². The van der Waals surface area contributed by atoms with Gasteiger partial charge in [0.25, 0.3) is 0 Å². The zero-order valence-electron chi connectivity index (χ0n) is 8.46. The predicted molar refractivity (Wildman–Crippen MR) is 52.4 cm³/mol. The fourth-order valence-corrected chi connectivity index (χ4v) is 2.04. The van der Waals surface area contributed by atoms with Gasteiger partial charge in [0.15, 0.2) is 0 Å². The van der Waals surface area contributed by atoms with Gasteiger partial charge in [-0.2, -0.15) is 0 Å². The summed E-state index contributed by atoms with van der Waals surface area (Å²) in [6, 6.07) is 0. The van der Waals surface area contributed by atoms with Crippen molar-refractivity contribution in [3.05, 3.63) is 0 Å². The molecule has 76 valence electrons. The van der Waals surface area contributed by atoms with Crippen LogP contribution >= 0.6 is 0 Å². The number of aliphatic hydroxyl groups is 1. The van der Waals surface area contributed by atoms with Gasteiger partial charge in [0.2, 0.25) is 0 Å². The van der Waals surface area contributed by atoms with Gasteiger partial charge in [-0.15, -0.1) is 0 Å². The smallest absolute Gasteiger partial charge is 0.135 e. The largest absolute Gasteiger partial charge is 0.396 e. The van der Waals surface area contributed by atoms with E-state index < -0.39 is 0 Å². The molecule has 0 amide bonds. The lowest BCUT2D eigenvalue weighted by atomic mass is 9.89. The van der Waals surface area contributed by atoms with E-state index in [-0.39, 0.29) is 18.4 Å². The van der Waals surface area contributed by atoms with Gasteiger partial charge in [-0.25, -0.2) is 0 Å². The Labute approximate surface area is 80.3 Å². The minimum Gasteiger partial charge on any atom is -0.396 e. The Morgan fingerprint density at radius 3 is 2.92 bits per heavy atom. The Kier molecular flexibility index (Phi) is 4.43. The first kappa shape index (κ1) is 10.7. The number of hydrogen-bond donors (Lipinski definition) is 1. The van der Waals surface area contributed by atoms with Crippen molar-refractivity contribution in [3.63, 3.8) is 0 Å². The Hall–Kier alpha value is -0.370. The number of carbonyl (C=O) groups is 1. The van der Waals surface area contributed by atoms with E-state index in [2.05, 4.69) is 0 Å². The molecule has 0 radical (unpaired) electrons. The minimum absolute atomic E-state index is 0.212. The van der Waals surface area contributed by atoms with Gasteiger partial charge in [-0.05, 0) is 25.2 Å². The molecule has 0 aromatic heterocycles. The summed E-state index contributed by atoms with van der Waals surface area (Å²) >= 11 is 0. The molecule has 0 spiro atoms. The van der Waals surface area contributed by atoms with Crippen LogP contribution in [0.3, 0.4) is 0 Å². The van der Waals surface area contributed by atoms with E-state index in [4.69, 9.17) is 5.11 Å². The van der Waals surface area contributed by atoms with Crippen molar-refractivity contribution in [2.24, 2.45) is 11.8 Å². The molecule has 0 aromatic carbocycles. The molecular weight excluding hydrogens is 164 g/mol. The molecule has 1 aliphatic carbocycles. The van der Waals surface area contributed by atoms with Crippen molar-refractivity contribution in [1.82, 2.24) is 0 Å². The van der Waals surface area contributed by atoms with E-state index in [1.54, 1.807) is 0 Å². The molecule has 1 fully saturated rings. The lowest BCUT2D eigenvalue weighted by Gasteiger charge is -2.16. The SMILES string of the molecule is CC(CO)CC1CCCCCC1=O. The van der Waals surface area contributed by atoms with Gasteiger partial charge in [-0.3, -0.25) is 4.79 Å². The van der Waals surface area contributed by atoms with Crippen LogP contribution in [0.15, 0.2) is 0 Å². The summed E-state index contributed by atoms with van der Waals surface area (Å²) in [4.78, 5) is 11.6. The molecule has 1 rings (SSSR count). The second-order valence-corrected chi connectivity index (χ2v) is 4.29. The van der Waals surface area contributed by atoms with Crippen molar-refractivity contribution in [1.29, 1.82) is 0 Å². The summed E-state index contributed by atoms with van der Waals surface area (Å²) in [5.41, 5.74) is 0. The van der Waals surface area contributed by atoms with Crippen molar-refractivity contribution < 1.29 is 9.90 Å². The summed E-state index contributed by atoms with van der Waals surface area (Å²) in [5.74, 6) is 0.953. The average Bonchev–Trinajstić information content (AvgIpc) is 2.32. The Balaban J connectivity index is 2.40. The van der Waals surface area contributed by atoms with E-state index in [1.807, 2.05) is 6.92 Å². The Morgan fingerprint density at radius 1 is 1.46 bits per heavy atom. The second-order valence-electron chi connectivity index (χ2n) is 4.29. The first-order valence-corrected chi connectivity index (χ1v) is 5.37. The number of aliphatic hydroxyl groups excluding tert-OH is 1. The molecule has 0 saturated heterocycles. The summed E-state index contributed by atoms with van der Waals surface area (Å²) in [6.45, 7) is 2.22. The fraction of sp³-hybridized carbons (Fsp3) is 0.909. The predicted octanol–water partition coefficient (Wildman–Crippen LogP) is 2.15. The van der Waals surface area contributed by atoms with E-state index in [9.17, 15) is 4.79 Å². The third-order valence-corrected chi connectivity index (χ3v) is 2.93. The van der Waals surface area contributed by atoms with Gasteiger partial charge in [-0.1, -0.05) is 19.8 Å². The molecule has 0 bridgehead atoms. The summed E-state index contributed by atoms with van der Waals surface area (Å²) in [6.07, 6.45) is 6.16. The van der Waals surface area contributed by atoms with Crippen molar-refractivity contribution in [2.75, 3.05) is 6.61 Å². The highest BCUT2D eigenvalue weighted by molar-refractivity contribution is 5.81. The fourth-order valence-electron chi connectivity index (χ4n) is 2.04. The summed E-state index contributed by atoms with van der Waals surface area (Å²) in [5, 5.41) is 8.91. The molecular formula is C11H20O2. The van der Waals surface area contributed by atoms with Crippen LogP contribution in [0.5, 0.6) is 0 Å². The topological polar surface area (TPSA) is 37.3 Å². The third-order valence-electron chi connectivity index (χ3n) is 2.93. The minimum atomic E-state index is 0.212. The van der Waals surface area contributed by atoms with Crippen LogP contribution in [0, 0.1) is 11.8 Å². The average molecular weight is 184 g/mol. The number of rotatable bonds is 3. The molecule has 1 saturated carbocycles. The molecule has 0 heterocycles. The highest BCUT2D eigenvalue weighted by atomic mass is 16.3. The van der Waals surface area contributed by atoms with Crippen LogP contribution in [0.25, 0.3) is 0 Å². The Morgan fingerprint density at radius 2 is 2.23 bits per heavy atom. The van der Waals surface area contributed by atoms with Crippen molar-refractivity contribution in [2.45, 2.75) is 45.4 Å². The van der Waals surface area contributed by atoms with Crippen LogP contribution in [-0.2, 0) is 4.79 Å². The maximum Gasteiger partial charge on any atom is 0.135 e. The van der Waals surface area contributed by atoms with Crippen LogP contribution in [0.1, 0.15) is 45.4 Å².